The number of nitrogens with two attached hydrogens (primary N) is 1. The van der Waals surface area contributed by atoms with E-state index in [2.05, 4.69) is 0 Å². The molecule has 0 saturated carbocycles. The molecule has 0 aliphatic carbocycles. The van der Waals surface area contributed by atoms with Gasteiger partial charge in [0.1, 0.15) is 5.75 Å². The summed E-state index contributed by atoms with van der Waals surface area (Å²) in [5.74, 6) is -0.0856. The lowest BCUT2D eigenvalue weighted by atomic mass is 10.00. The van der Waals surface area contributed by atoms with Crippen molar-refractivity contribution in [3.63, 3.8) is 0 Å². The van der Waals surface area contributed by atoms with Crippen LogP contribution in [0.3, 0.4) is 0 Å². The molecule has 98 valence electrons. The summed E-state index contributed by atoms with van der Waals surface area (Å²) < 4.78 is 5.31. The van der Waals surface area contributed by atoms with Gasteiger partial charge in [-0.2, -0.15) is 0 Å². The quantitative estimate of drug-likeness (QED) is 0.785. The lowest BCUT2D eigenvalue weighted by Crippen LogP contribution is -2.21. The van der Waals surface area contributed by atoms with Crippen molar-refractivity contribution in [2.24, 2.45) is 5.73 Å². The average Bonchev–Trinajstić information content (AvgIpc) is 2.30. The number of benzene rings is 1. The largest absolute Gasteiger partial charge is 0.483 e. The van der Waals surface area contributed by atoms with E-state index in [9.17, 15) is 9.59 Å². The van der Waals surface area contributed by atoms with Crippen LogP contribution in [0.15, 0.2) is 12.1 Å². The predicted octanol–water partition coefficient (Wildman–Crippen LogP) is 2.15. The van der Waals surface area contributed by atoms with Crippen molar-refractivity contribution >= 4 is 11.7 Å². The van der Waals surface area contributed by atoms with Crippen molar-refractivity contribution < 1.29 is 14.3 Å². The van der Waals surface area contributed by atoms with Crippen LogP contribution in [0.5, 0.6) is 5.75 Å². The number of carbonyl (C=O) groups is 2. The number of hydrogen-bond donors (Lipinski definition) is 1. The van der Waals surface area contributed by atoms with Crippen LogP contribution < -0.4 is 10.5 Å². The summed E-state index contributed by atoms with van der Waals surface area (Å²) in [6.07, 6.45) is 1.25. The fourth-order valence-electron chi connectivity index (χ4n) is 1.64. The molecule has 0 spiro atoms. The number of carbonyl (C=O) groups excluding carboxylic acids is 2. The highest BCUT2D eigenvalue weighted by Crippen LogP contribution is 2.25. The zero-order chi connectivity index (χ0) is 13.7. The molecule has 1 aromatic carbocycles. The summed E-state index contributed by atoms with van der Waals surface area (Å²) in [6, 6.07) is 3.59. The molecule has 2 N–H and O–H groups in total. The fraction of sp³-hybridized carbons (Fsp3) is 0.429. The van der Waals surface area contributed by atoms with E-state index in [1.54, 1.807) is 6.07 Å². The highest BCUT2D eigenvalue weighted by molar-refractivity contribution is 5.99. The number of aryl methyl sites for hydroxylation is 2. The molecule has 0 heterocycles. The fourth-order valence-corrected chi connectivity index (χ4v) is 1.64. The topological polar surface area (TPSA) is 69.4 Å². The third-order valence-corrected chi connectivity index (χ3v) is 2.74. The maximum Gasteiger partial charge on any atom is 0.255 e. The minimum absolute atomic E-state index is 0.0278. The Labute approximate surface area is 107 Å². The Kier molecular flexibility index (Phi) is 4.89. The molecule has 0 saturated heterocycles. The molecule has 0 atom stereocenters. The van der Waals surface area contributed by atoms with Crippen LogP contribution in [0, 0.1) is 13.8 Å². The van der Waals surface area contributed by atoms with Crippen LogP contribution in [-0.4, -0.2) is 18.3 Å². The van der Waals surface area contributed by atoms with Gasteiger partial charge in [-0.3, -0.25) is 9.59 Å². The van der Waals surface area contributed by atoms with Crippen LogP contribution in [-0.2, 0) is 4.79 Å². The Morgan fingerprint density at radius 1 is 1.22 bits per heavy atom. The number of rotatable bonds is 6. The standard InChI is InChI=1S/C14H19NO3/c1-4-5-12(16)11-6-9(2)10(3)7-13(11)18-8-14(15)17/h6-7H,4-5,8H2,1-3H3,(H2,15,17). The number of hydrogen-bond acceptors (Lipinski definition) is 3. The molecular weight excluding hydrogens is 230 g/mol. The first-order chi connectivity index (χ1) is 8.45. The molecule has 0 unspecified atom stereocenters. The van der Waals surface area contributed by atoms with Gasteiger partial charge in [-0.1, -0.05) is 6.92 Å². The molecule has 0 bridgehead atoms. The van der Waals surface area contributed by atoms with E-state index in [0.29, 0.717) is 17.7 Å². The van der Waals surface area contributed by atoms with Crippen LogP contribution in [0.2, 0.25) is 0 Å². The Morgan fingerprint density at radius 2 is 1.83 bits per heavy atom. The third kappa shape index (κ3) is 3.58. The number of primary amides is 1. The van der Waals surface area contributed by atoms with E-state index in [-0.39, 0.29) is 12.4 Å². The molecule has 1 aromatic rings. The monoisotopic (exact) mass is 249 g/mol. The van der Waals surface area contributed by atoms with Gasteiger partial charge in [0.15, 0.2) is 12.4 Å². The maximum atomic E-state index is 12.0. The zero-order valence-electron chi connectivity index (χ0n) is 11.1. The average molecular weight is 249 g/mol. The van der Waals surface area contributed by atoms with Gasteiger partial charge in [0.05, 0.1) is 5.56 Å². The van der Waals surface area contributed by atoms with Gasteiger partial charge in [0.2, 0.25) is 0 Å². The smallest absolute Gasteiger partial charge is 0.255 e. The van der Waals surface area contributed by atoms with Crippen molar-refractivity contribution in [2.45, 2.75) is 33.6 Å². The van der Waals surface area contributed by atoms with Gasteiger partial charge >= 0.3 is 0 Å². The van der Waals surface area contributed by atoms with Crippen LogP contribution in [0.25, 0.3) is 0 Å². The van der Waals surface area contributed by atoms with Crippen LogP contribution >= 0.6 is 0 Å². The first-order valence-corrected chi connectivity index (χ1v) is 6.01. The summed E-state index contributed by atoms with van der Waals surface area (Å²) >= 11 is 0. The molecule has 4 nitrogen and oxygen atoms in total. The van der Waals surface area contributed by atoms with E-state index in [1.165, 1.54) is 0 Å². The van der Waals surface area contributed by atoms with Crippen molar-refractivity contribution in [3.05, 3.63) is 28.8 Å². The van der Waals surface area contributed by atoms with Gasteiger partial charge in [-0.05, 0) is 43.5 Å². The second-order valence-electron chi connectivity index (χ2n) is 4.36. The Morgan fingerprint density at radius 3 is 2.39 bits per heavy atom. The van der Waals surface area contributed by atoms with Gasteiger partial charge in [-0.25, -0.2) is 0 Å². The molecular formula is C14H19NO3. The minimum Gasteiger partial charge on any atom is -0.483 e. The maximum absolute atomic E-state index is 12.0. The molecule has 1 amide bonds. The van der Waals surface area contributed by atoms with Crippen molar-refractivity contribution in [1.29, 1.82) is 0 Å². The molecule has 0 aromatic heterocycles. The molecule has 4 heteroatoms. The second-order valence-corrected chi connectivity index (χ2v) is 4.36. The van der Waals surface area contributed by atoms with Gasteiger partial charge in [-0.15, -0.1) is 0 Å². The number of Topliss-reactive ketones (excluding diaryl/α,β-unsaturated/α-hetero) is 1. The summed E-state index contributed by atoms with van der Waals surface area (Å²) in [5, 5.41) is 0. The second kappa shape index (κ2) is 6.19. The summed E-state index contributed by atoms with van der Waals surface area (Å²) in [5.41, 5.74) is 7.62. The first kappa shape index (κ1) is 14.2. The lowest BCUT2D eigenvalue weighted by Gasteiger charge is -2.12. The van der Waals surface area contributed by atoms with E-state index in [4.69, 9.17) is 10.5 Å². The summed E-state index contributed by atoms with van der Waals surface area (Å²) in [7, 11) is 0. The Balaban J connectivity index is 3.08. The highest BCUT2D eigenvalue weighted by atomic mass is 16.5. The number of amides is 1. The summed E-state index contributed by atoms with van der Waals surface area (Å²) in [6.45, 7) is 5.61. The van der Waals surface area contributed by atoms with E-state index < -0.39 is 5.91 Å². The zero-order valence-corrected chi connectivity index (χ0v) is 11.1. The van der Waals surface area contributed by atoms with E-state index >= 15 is 0 Å². The predicted molar refractivity (Wildman–Crippen MR) is 69.8 cm³/mol. The lowest BCUT2D eigenvalue weighted by molar-refractivity contribution is -0.119. The molecule has 18 heavy (non-hydrogen) atoms. The van der Waals surface area contributed by atoms with Crippen molar-refractivity contribution in [3.8, 4) is 5.75 Å². The Hall–Kier alpha value is -1.84. The molecule has 1 rings (SSSR count). The van der Waals surface area contributed by atoms with Gasteiger partial charge in [0.25, 0.3) is 5.91 Å². The summed E-state index contributed by atoms with van der Waals surface area (Å²) in [4.78, 5) is 22.7. The molecule has 0 aliphatic rings. The van der Waals surface area contributed by atoms with Crippen molar-refractivity contribution in [1.82, 2.24) is 0 Å². The van der Waals surface area contributed by atoms with Crippen LogP contribution in [0.1, 0.15) is 41.3 Å². The van der Waals surface area contributed by atoms with E-state index in [1.807, 2.05) is 26.8 Å². The third-order valence-electron chi connectivity index (χ3n) is 2.74. The minimum atomic E-state index is -0.554. The van der Waals surface area contributed by atoms with Crippen LogP contribution in [0.4, 0.5) is 0 Å². The van der Waals surface area contributed by atoms with Gasteiger partial charge in [0, 0.05) is 6.42 Å². The highest BCUT2D eigenvalue weighted by Gasteiger charge is 2.14. The normalized spacial score (nSPS) is 10.2. The number of ether oxygens (including phenoxy) is 1. The molecule has 0 fully saturated rings. The number of ketones is 1. The Bertz CT molecular complexity index is 466. The molecule has 0 aliphatic heterocycles. The van der Waals surface area contributed by atoms with Gasteiger partial charge < -0.3 is 10.5 Å². The molecule has 0 radical (unpaired) electrons. The first-order valence-electron chi connectivity index (χ1n) is 6.01. The SMILES string of the molecule is CCCC(=O)c1cc(C)c(C)cc1OCC(N)=O. The van der Waals surface area contributed by atoms with E-state index in [0.717, 1.165) is 17.5 Å². The van der Waals surface area contributed by atoms with Crippen molar-refractivity contribution in [2.75, 3.05) is 6.61 Å².